The highest BCUT2D eigenvalue weighted by atomic mass is 16.3. The van der Waals surface area contributed by atoms with E-state index < -0.39 is 5.41 Å². The Morgan fingerprint density at radius 1 is 0.349 bits per heavy atom. The topological polar surface area (TPSA) is 56.7 Å². The molecule has 1 spiro atoms. The molecule has 0 saturated carbocycles. The first-order valence-corrected chi connectivity index (χ1v) is 21.4. The summed E-state index contributed by atoms with van der Waals surface area (Å²) in [6.45, 7) is 0. The highest BCUT2D eigenvalue weighted by Crippen LogP contribution is 2.63. The Morgan fingerprint density at radius 3 is 1.56 bits per heavy atom. The molecule has 9 aromatic carbocycles. The van der Waals surface area contributed by atoms with E-state index >= 15 is 0 Å². The molecule has 0 radical (unpaired) electrons. The molecule has 5 nitrogen and oxygen atoms in total. The zero-order chi connectivity index (χ0) is 41.2. The predicted octanol–water partition coefficient (Wildman–Crippen LogP) is 14.2. The van der Waals surface area contributed by atoms with E-state index in [2.05, 4.69) is 144 Å². The molecule has 5 heteroatoms. The van der Waals surface area contributed by atoms with Crippen LogP contribution in [0.25, 0.3) is 106 Å². The van der Waals surface area contributed by atoms with Crippen LogP contribution in [-0.2, 0) is 5.41 Å². The number of furan rings is 1. The molecule has 0 aliphatic heterocycles. The molecule has 0 saturated heterocycles. The molecular weight excluding hydrogens is 769 g/mol. The molecule has 0 atom stereocenters. The first-order chi connectivity index (χ1) is 31.2. The smallest absolute Gasteiger partial charge is 0.167 e. The number of benzene rings is 9. The standard InChI is InChI=1S/C58H34N4O/c1-3-16-35(17-4-1)55-59-56(36-18-5-2-6-19-36)61-57(60-55)43-25-15-24-42-46-32-37(30-31-53(46)63-54(42)43)62-51-29-14-10-23-41(51)45-33-44-40-22-9-13-28-49(40)58(50(44)34-52(45)62)47-26-11-7-20-38(47)39-21-8-12-27-48(39)58/h1-34H. The molecule has 0 fully saturated rings. The van der Waals surface area contributed by atoms with Crippen LogP contribution in [0.5, 0.6) is 0 Å². The van der Waals surface area contributed by atoms with Gasteiger partial charge in [-0.05, 0) is 87.0 Å². The largest absolute Gasteiger partial charge is 0.455 e. The third-order valence-electron chi connectivity index (χ3n) is 13.5. The minimum absolute atomic E-state index is 0.439. The Balaban J connectivity index is 0.996. The van der Waals surface area contributed by atoms with E-state index in [0.717, 1.165) is 49.8 Å². The summed E-state index contributed by atoms with van der Waals surface area (Å²) in [5.41, 5.74) is 17.7. The first kappa shape index (κ1) is 34.3. The van der Waals surface area contributed by atoms with Crippen molar-refractivity contribution in [1.29, 1.82) is 0 Å². The van der Waals surface area contributed by atoms with Gasteiger partial charge in [-0.2, -0.15) is 0 Å². The van der Waals surface area contributed by atoms with Gasteiger partial charge in [0.25, 0.3) is 0 Å². The van der Waals surface area contributed by atoms with Gasteiger partial charge in [0.1, 0.15) is 11.2 Å². The molecule has 0 unspecified atom stereocenters. The Hall–Kier alpha value is -8.41. The van der Waals surface area contributed by atoms with E-state index in [1.807, 2.05) is 66.7 Å². The molecule has 3 aromatic heterocycles. The van der Waals surface area contributed by atoms with E-state index in [9.17, 15) is 0 Å². The molecule has 0 amide bonds. The highest BCUT2D eigenvalue weighted by Gasteiger charge is 2.51. The maximum atomic E-state index is 6.79. The van der Waals surface area contributed by atoms with Crippen LogP contribution in [0.15, 0.2) is 211 Å². The fourth-order valence-corrected chi connectivity index (χ4v) is 10.9. The Morgan fingerprint density at radius 2 is 0.889 bits per heavy atom. The summed E-state index contributed by atoms with van der Waals surface area (Å²) in [6.07, 6.45) is 0. The third kappa shape index (κ3) is 4.68. The van der Waals surface area contributed by atoms with Gasteiger partial charge in [-0.3, -0.25) is 0 Å². The normalized spacial score (nSPS) is 13.2. The average Bonchev–Trinajstić information content (AvgIpc) is 4.07. The summed E-state index contributed by atoms with van der Waals surface area (Å²) >= 11 is 0. The van der Waals surface area contributed by atoms with Crippen molar-refractivity contribution in [2.45, 2.75) is 5.41 Å². The van der Waals surface area contributed by atoms with Gasteiger partial charge in [0, 0.05) is 38.4 Å². The van der Waals surface area contributed by atoms with Crippen LogP contribution in [0, 0.1) is 0 Å². The number of aromatic nitrogens is 4. The minimum atomic E-state index is -0.439. The van der Waals surface area contributed by atoms with Gasteiger partial charge in [0.2, 0.25) is 0 Å². The molecule has 63 heavy (non-hydrogen) atoms. The molecule has 0 N–H and O–H groups in total. The molecule has 292 valence electrons. The Kier molecular flexibility index (Phi) is 6.97. The van der Waals surface area contributed by atoms with E-state index in [4.69, 9.17) is 19.4 Å². The fraction of sp³-hybridized carbons (Fsp3) is 0.0172. The number of hydrogen-bond donors (Lipinski definition) is 0. The van der Waals surface area contributed by atoms with Gasteiger partial charge in [-0.1, -0.05) is 164 Å². The van der Waals surface area contributed by atoms with Crippen LogP contribution in [0.4, 0.5) is 0 Å². The number of fused-ring (bicyclic) bond motifs is 16. The van der Waals surface area contributed by atoms with Crippen LogP contribution >= 0.6 is 0 Å². The minimum Gasteiger partial charge on any atom is -0.455 e. The SMILES string of the molecule is c1ccc(-c2nc(-c3ccccc3)nc(-c3cccc4c3oc3ccc(-n5c6ccccc6c6cc7c(cc65)C5(c6ccccc6-c6ccccc65)c5ccccc5-7)cc34)n2)cc1. The van der Waals surface area contributed by atoms with E-state index in [-0.39, 0.29) is 0 Å². The van der Waals surface area contributed by atoms with E-state index in [0.29, 0.717) is 17.5 Å². The van der Waals surface area contributed by atoms with Crippen molar-refractivity contribution >= 4 is 43.7 Å². The van der Waals surface area contributed by atoms with Gasteiger partial charge < -0.3 is 8.98 Å². The van der Waals surface area contributed by atoms with Crippen molar-refractivity contribution in [1.82, 2.24) is 19.5 Å². The first-order valence-electron chi connectivity index (χ1n) is 21.4. The van der Waals surface area contributed by atoms with Gasteiger partial charge in [0.15, 0.2) is 17.5 Å². The molecule has 14 rings (SSSR count). The predicted molar refractivity (Wildman–Crippen MR) is 254 cm³/mol. The van der Waals surface area contributed by atoms with Gasteiger partial charge in [-0.25, -0.2) is 15.0 Å². The van der Waals surface area contributed by atoms with Gasteiger partial charge in [-0.15, -0.1) is 0 Å². The van der Waals surface area contributed by atoms with Crippen LogP contribution in [0.1, 0.15) is 22.3 Å². The van der Waals surface area contributed by atoms with E-state index in [1.165, 1.54) is 60.8 Å². The third-order valence-corrected chi connectivity index (χ3v) is 13.5. The second-order valence-corrected chi connectivity index (χ2v) is 16.7. The summed E-state index contributed by atoms with van der Waals surface area (Å²) in [6, 6.07) is 73.8. The maximum Gasteiger partial charge on any atom is 0.167 e. The Labute approximate surface area is 362 Å². The number of para-hydroxylation sites is 2. The summed E-state index contributed by atoms with van der Waals surface area (Å²) in [4.78, 5) is 15.1. The molecule has 12 aromatic rings. The lowest BCUT2D eigenvalue weighted by Crippen LogP contribution is -2.25. The van der Waals surface area contributed by atoms with Crippen molar-refractivity contribution in [3.05, 3.63) is 229 Å². The van der Waals surface area contributed by atoms with Crippen LogP contribution in [0.3, 0.4) is 0 Å². The molecule has 3 heterocycles. The molecule has 0 bridgehead atoms. The van der Waals surface area contributed by atoms with Crippen LogP contribution < -0.4 is 0 Å². The van der Waals surface area contributed by atoms with Crippen molar-refractivity contribution < 1.29 is 4.42 Å². The zero-order valence-corrected chi connectivity index (χ0v) is 33.8. The average molecular weight is 803 g/mol. The maximum absolute atomic E-state index is 6.79. The van der Waals surface area contributed by atoms with Crippen molar-refractivity contribution in [2.75, 3.05) is 0 Å². The molecule has 2 aliphatic rings. The second kappa shape index (κ2) is 12.8. The van der Waals surface area contributed by atoms with Crippen LogP contribution in [0.2, 0.25) is 0 Å². The van der Waals surface area contributed by atoms with E-state index in [1.54, 1.807) is 0 Å². The van der Waals surface area contributed by atoms with Crippen molar-refractivity contribution in [2.24, 2.45) is 0 Å². The fourth-order valence-electron chi connectivity index (χ4n) is 10.9. The monoisotopic (exact) mass is 802 g/mol. The van der Waals surface area contributed by atoms with Gasteiger partial charge in [0.05, 0.1) is 22.0 Å². The summed E-state index contributed by atoms with van der Waals surface area (Å²) in [5, 5.41) is 4.48. The van der Waals surface area contributed by atoms with Gasteiger partial charge >= 0.3 is 0 Å². The number of nitrogens with zero attached hydrogens (tertiary/aromatic N) is 4. The summed E-state index contributed by atoms with van der Waals surface area (Å²) in [7, 11) is 0. The lowest BCUT2D eigenvalue weighted by Gasteiger charge is -2.30. The van der Waals surface area contributed by atoms with Crippen molar-refractivity contribution in [3.8, 4) is 62.1 Å². The zero-order valence-electron chi connectivity index (χ0n) is 33.8. The summed E-state index contributed by atoms with van der Waals surface area (Å²) in [5.74, 6) is 1.79. The molecule has 2 aliphatic carbocycles. The number of hydrogen-bond acceptors (Lipinski definition) is 4. The molecular formula is C58H34N4O. The van der Waals surface area contributed by atoms with Crippen molar-refractivity contribution in [3.63, 3.8) is 0 Å². The lowest BCUT2D eigenvalue weighted by molar-refractivity contribution is 0.669. The number of rotatable bonds is 4. The lowest BCUT2D eigenvalue weighted by atomic mass is 9.70. The summed E-state index contributed by atoms with van der Waals surface area (Å²) < 4.78 is 9.24. The van der Waals surface area contributed by atoms with Crippen LogP contribution in [-0.4, -0.2) is 19.5 Å². The Bertz CT molecular complexity index is 3760. The quantitative estimate of drug-likeness (QED) is 0.178. The highest BCUT2D eigenvalue weighted by molar-refractivity contribution is 6.14. The second-order valence-electron chi connectivity index (χ2n) is 16.7.